The van der Waals surface area contributed by atoms with Gasteiger partial charge in [0.15, 0.2) is 17.2 Å². The van der Waals surface area contributed by atoms with Crippen LogP contribution >= 0.6 is 0 Å². The van der Waals surface area contributed by atoms with E-state index in [0.29, 0.717) is 28.4 Å². The summed E-state index contributed by atoms with van der Waals surface area (Å²) in [5, 5.41) is 23.1. The summed E-state index contributed by atoms with van der Waals surface area (Å²) < 4.78 is 8.19. The first kappa shape index (κ1) is 21.0. The molecule has 5 rings (SSSR count). The van der Waals surface area contributed by atoms with Crippen LogP contribution in [0.5, 0.6) is 0 Å². The number of carbonyl (C=O) groups is 1. The number of hydrogen-bond acceptors (Lipinski definition) is 8. The van der Waals surface area contributed by atoms with Gasteiger partial charge in [0.25, 0.3) is 5.91 Å². The van der Waals surface area contributed by atoms with Gasteiger partial charge < -0.3 is 9.73 Å². The van der Waals surface area contributed by atoms with Gasteiger partial charge in [-0.15, -0.1) is 0 Å². The van der Waals surface area contributed by atoms with Gasteiger partial charge in [0, 0.05) is 6.07 Å². The number of aryl methyl sites for hydroxylation is 2. The number of anilines is 1. The van der Waals surface area contributed by atoms with Gasteiger partial charge in [0.1, 0.15) is 17.1 Å². The van der Waals surface area contributed by atoms with Gasteiger partial charge in [0.2, 0.25) is 0 Å². The Balaban J connectivity index is 1.56. The molecule has 0 bridgehead atoms. The lowest BCUT2D eigenvalue weighted by Gasteiger charge is -2.10. The number of rotatable bonds is 5. The summed E-state index contributed by atoms with van der Waals surface area (Å²) in [6, 6.07) is 9.95. The molecule has 0 atom stereocenters. The number of hydrogen-bond donors (Lipinski definition) is 1. The molecule has 0 fully saturated rings. The highest BCUT2D eigenvalue weighted by atomic mass is 16.6. The van der Waals surface area contributed by atoms with Gasteiger partial charge in [0.05, 0.1) is 29.0 Å². The Labute approximate surface area is 192 Å². The number of carbonyl (C=O) groups excluding carboxylic acids is 1. The number of nitrogens with one attached hydrogen (secondary N) is 1. The number of benzene rings is 1. The lowest BCUT2D eigenvalue weighted by Crippen LogP contribution is -2.15. The first-order valence-corrected chi connectivity index (χ1v) is 10.2. The smallest absolute Gasteiger partial charge is 0.395 e. The number of fused-ring (bicyclic) bond motifs is 1. The van der Waals surface area contributed by atoms with Gasteiger partial charge in [-0.3, -0.25) is 14.9 Å². The highest BCUT2D eigenvalue weighted by Crippen LogP contribution is 2.26. The maximum Gasteiger partial charge on any atom is 0.433 e. The van der Waals surface area contributed by atoms with Crippen molar-refractivity contribution in [3.8, 4) is 11.5 Å². The Morgan fingerprint density at radius 3 is 2.71 bits per heavy atom. The number of furan rings is 1. The first-order chi connectivity index (χ1) is 16.3. The first-order valence-electron chi connectivity index (χ1n) is 10.2. The summed E-state index contributed by atoms with van der Waals surface area (Å²) in [4.78, 5) is 31.6. The van der Waals surface area contributed by atoms with Crippen LogP contribution in [-0.2, 0) is 0 Å². The minimum absolute atomic E-state index is 0.201. The standard InChI is InChI=1S/C22H18N8O4/c1-12-5-4-6-16(14(12)3)28-20-15(10-25-28)21(24-11-23-20)29-18(9-13(2)27-29)26-22(31)17-7-8-19(34-17)30(32)33/h4-11H,1-3H3,(H,26,31). The highest BCUT2D eigenvalue weighted by Gasteiger charge is 2.21. The molecule has 12 nitrogen and oxygen atoms in total. The Hall–Kier alpha value is -4.87. The van der Waals surface area contributed by atoms with E-state index in [2.05, 4.69) is 25.5 Å². The molecule has 1 aromatic carbocycles. The number of aromatic nitrogens is 6. The van der Waals surface area contributed by atoms with E-state index < -0.39 is 16.7 Å². The van der Waals surface area contributed by atoms with Gasteiger partial charge >= 0.3 is 5.88 Å². The molecule has 4 aromatic heterocycles. The quantitative estimate of drug-likeness (QED) is 0.310. The molecular weight excluding hydrogens is 440 g/mol. The number of amides is 1. The molecule has 0 unspecified atom stereocenters. The topological polar surface area (TPSA) is 147 Å². The Morgan fingerprint density at radius 2 is 1.94 bits per heavy atom. The zero-order valence-corrected chi connectivity index (χ0v) is 18.4. The normalized spacial score (nSPS) is 11.1. The van der Waals surface area contributed by atoms with Crippen LogP contribution in [0.15, 0.2) is 53.3 Å². The molecule has 4 heterocycles. The number of nitrogens with zero attached hydrogens (tertiary/aromatic N) is 7. The van der Waals surface area contributed by atoms with Gasteiger partial charge in [-0.25, -0.2) is 14.6 Å². The summed E-state index contributed by atoms with van der Waals surface area (Å²) in [6.45, 7) is 5.81. The van der Waals surface area contributed by atoms with Crippen molar-refractivity contribution < 1.29 is 14.1 Å². The third-order valence-electron chi connectivity index (χ3n) is 5.42. The summed E-state index contributed by atoms with van der Waals surface area (Å²) in [5.41, 5.74) is 4.29. The second-order valence-electron chi connectivity index (χ2n) is 7.64. The zero-order valence-electron chi connectivity index (χ0n) is 18.4. The van der Waals surface area contributed by atoms with Crippen molar-refractivity contribution >= 4 is 28.6 Å². The van der Waals surface area contributed by atoms with Crippen LogP contribution in [0.3, 0.4) is 0 Å². The van der Waals surface area contributed by atoms with E-state index in [0.717, 1.165) is 22.9 Å². The van der Waals surface area contributed by atoms with Gasteiger partial charge in [-0.1, -0.05) is 12.1 Å². The third-order valence-corrected chi connectivity index (χ3v) is 5.42. The van der Waals surface area contributed by atoms with E-state index in [-0.39, 0.29) is 5.76 Å². The summed E-state index contributed by atoms with van der Waals surface area (Å²) in [6.07, 6.45) is 3.05. The van der Waals surface area contributed by atoms with Crippen molar-refractivity contribution in [3.63, 3.8) is 0 Å². The van der Waals surface area contributed by atoms with Crippen LogP contribution in [0.1, 0.15) is 27.4 Å². The van der Waals surface area contributed by atoms with Crippen molar-refractivity contribution in [2.24, 2.45) is 0 Å². The van der Waals surface area contributed by atoms with Crippen LogP contribution in [0, 0.1) is 30.9 Å². The molecule has 1 amide bonds. The molecule has 5 aromatic rings. The molecule has 170 valence electrons. The zero-order chi connectivity index (χ0) is 24.0. The molecule has 0 aliphatic rings. The largest absolute Gasteiger partial charge is 0.433 e. The molecular formula is C22H18N8O4. The van der Waals surface area contributed by atoms with Crippen LogP contribution in [-0.4, -0.2) is 40.4 Å². The molecule has 1 N–H and O–H groups in total. The Morgan fingerprint density at radius 1 is 1.12 bits per heavy atom. The van der Waals surface area contributed by atoms with E-state index in [1.807, 2.05) is 32.0 Å². The third kappa shape index (κ3) is 3.46. The second-order valence-corrected chi connectivity index (χ2v) is 7.64. The molecule has 0 radical (unpaired) electrons. The fourth-order valence-corrected chi connectivity index (χ4v) is 3.62. The average Bonchev–Trinajstić information content (AvgIpc) is 3.54. The molecule has 12 heteroatoms. The Bertz CT molecular complexity index is 1580. The van der Waals surface area contributed by atoms with E-state index in [4.69, 9.17) is 4.42 Å². The second kappa shape index (κ2) is 7.92. The van der Waals surface area contributed by atoms with Crippen molar-refractivity contribution in [2.45, 2.75) is 20.8 Å². The van der Waals surface area contributed by atoms with E-state index >= 15 is 0 Å². The van der Waals surface area contributed by atoms with Crippen molar-refractivity contribution in [3.05, 3.63) is 81.6 Å². The fourth-order valence-electron chi connectivity index (χ4n) is 3.62. The van der Waals surface area contributed by atoms with Gasteiger partial charge in [-0.05, 0) is 44.0 Å². The molecule has 34 heavy (non-hydrogen) atoms. The number of nitro groups is 1. The molecule has 0 saturated carbocycles. The molecule has 0 aliphatic heterocycles. The van der Waals surface area contributed by atoms with Crippen LogP contribution < -0.4 is 5.32 Å². The predicted molar refractivity (Wildman–Crippen MR) is 121 cm³/mol. The van der Waals surface area contributed by atoms with Crippen molar-refractivity contribution in [1.29, 1.82) is 0 Å². The minimum Gasteiger partial charge on any atom is -0.395 e. The lowest BCUT2D eigenvalue weighted by atomic mass is 10.1. The summed E-state index contributed by atoms with van der Waals surface area (Å²) in [7, 11) is 0. The van der Waals surface area contributed by atoms with Crippen molar-refractivity contribution in [1.82, 2.24) is 29.5 Å². The highest BCUT2D eigenvalue weighted by molar-refractivity contribution is 6.02. The van der Waals surface area contributed by atoms with E-state index in [9.17, 15) is 14.9 Å². The van der Waals surface area contributed by atoms with Crippen LogP contribution in [0.2, 0.25) is 0 Å². The molecule has 0 spiro atoms. The molecule has 0 aliphatic carbocycles. The molecule has 0 saturated heterocycles. The van der Waals surface area contributed by atoms with Gasteiger partial charge in [-0.2, -0.15) is 14.9 Å². The minimum atomic E-state index is -0.712. The lowest BCUT2D eigenvalue weighted by molar-refractivity contribution is -0.402. The summed E-state index contributed by atoms with van der Waals surface area (Å²) in [5.74, 6) is -0.666. The SMILES string of the molecule is Cc1cc(NC(=O)c2ccc([N+](=O)[O-])o2)n(-c2ncnc3c2cnn3-c2cccc(C)c2C)n1. The van der Waals surface area contributed by atoms with E-state index in [1.54, 1.807) is 23.9 Å². The maximum atomic E-state index is 12.6. The maximum absolute atomic E-state index is 12.6. The van der Waals surface area contributed by atoms with Crippen LogP contribution in [0.4, 0.5) is 11.7 Å². The predicted octanol–water partition coefficient (Wildman–Crippen LogP) is 3.68. The Kier molecular flexibility index (Phi) is 4.89. The summed E-state index contributed by atoms with van der Waals surface area (Å²) >= 11 is 0. The van der Waals surface area contributed by atoms with E-state index in [1.165, 1.54) is 17.1 Å². The average molecular weight is 458 g/mol. The van der Waals surface area contributed by atoms with Crippen molar-refractivity contribution in [2.75, 3.05) is 5.32 Å². The monoisotopic (exact) mass is 458 g/mol. The fraction of sp³-hybridized carbons (Fsp3) is 0.136. The van der Waals surface area contributed by atoms with Crippen LogP contribution in [0.25, 0.3) is 22.5 Å².